The molecule has 26 heavy (non-hydrogen) atoms. The maximum absolute atomic E-state index is 14.0. The van der Waals surface area contributed by atoms with E-state index in [-0.39, 0.29) is 49.9 Å². The van der Waals surface area contributed by atoms with Gasteiger partial charge in [-0.2, -0.15) is 32.9 Å². The Balaban J connectivity index is 3.34. The van der Waals surface area contributed by atoms with Crippen LogP contribution >= 0.6 is 0 Å². The highest BCUT2D eigenvalue weighted by molar-refractivity contribution is 6.73. The number of hydrogen-bond donors (Lipinski definition) is 0. The Morgan fingerprint density at radius 1 is 0.808 bits per heavy atom. The van der Waals surface area contributed by atoms with Gasteiger partial charge in [0.15, 0.2) is 8.32 Å². The predicted molar refractivity (Wildman–Crippen MR) is 92.8 cm³/mol. The van der Waals surface area contributed by atoms with Crippen LogP contribution in [0.25, 0.3) is 5.32 Å². The highest BCUT2D eigenvalue weighted by Gasteiger charge is 2.76. The third kappa shape index (κ3) is 4.58. The summed E-state index contributed by atoms with van der Waals surface area (Å²) in [6.45, 7) is 7.23. The molecule has 0 heterocycles. The molecule has 0 N–H and O–H groups in total. The lowest BCUT2D eigenvalue weighted by molar-refractivity contribution is -0.380. The fourth-order valence-corrected chi connectivity index (χ4v) is 7.07. The van der Waals surface area contributed by atoms with Gasteiger partial charge in [-0.05, 0) is 31.0 Å². The second kappa shape index (κ2) is 8.81. The molecule has 0 aromatic rings. The molecule has 1 aliphatic carbocycles. The van der Waals surface area contributed by atoms with Crippen molar-refractivity contribution in [2.75, 3.05) is 6.54 Å². The summed E-state index contributed by atoms with van der Waals surface area (Å²) < 4.78 is 89.3. The van der Waals surface area contributed by atoms with Gasteiger partial charge in [0.25, 0.3) is 5.60 Å². The van der Waals surface area contributed by atoms with Crippen LogP contribution in [-0.2, 0) is 4.43 Å². The maximum Gasteiger partial charge on any atom is 0.425 e. The van der Waals surface area contributed by atoms with E-state index in [1.807, 2.05) is 6.92 Å². The molecular formula is C17H30F6NOSi-. The van der Waals surface area contributed by atoms with E-state index < -0.39 is 32.2 Å². The van der Waals surface area contributed by atoms with Crippen LogP contribution < -0.4 is 0 Å². The van der Waals surface area contributed by atoms with Crippen molar-refractivity contribution in [3.63, 3.8) is 0 Å². The molecule has 1 aliphatic rings. The molecule has 0 radical (unpaired) electrons. The van der Waals surface area contributed by atoms with Crippen molar-refractivity contribution >= 4 is 8.32 Å². The largest absolute Gasteiger partial charge is 0.660 e. The summed E-state index contributed by atoms with van der Waals surface area (Å²) in [5.41, 5.74) is -4.06. The molecule has 0 unspecified atom stereocenters. The van der Waals surface area contributed by atoms with E-state index in [0.717, 1.165) is 0 Å². The van der Waals surface area contributed by atoms with Crippen molar-refractivity contribution in [2.45, 2.75) is 95.5 Å². The van der Waals surface area contributed by atoms with E-state index in [4.69, 9.17) is 4.43 Å². The van der Waals surface area contributed by atoms with Gasteiger partial charge in [0, 0.05) is 5.92 Å². The van der Waals surface area contributed by atoms with E-state index in [0.29, 0.717) is 6.54 Å². The number of alkyl halides is 6. The predicted octanol–water partition coefficient (Wildman–Crippen LogP) is 6.82. The van der Waals surface area contributed by atoms with Gasteiger partial charge < -0.3 is 9.74 Å². The van der Waals surface area contributed by atoms with Gasteiger partial charge >= 0.3 is 12.4 Å². The summed E-state index contributed by atoms with van der Waals surface area (Å²) in [6, 6.07) is 0.540. The molecule has 1 saturated carbocycles. The van der Waals surface area contributed by atoms with Crippen LogP contribution in [0, 0.1) is 5.92 Å². The fourth-order valence-electron chi connectivity index (χ4n) is 4.05. The fraction of sp³-hybridized carbons (Fsp3) is 1.00. The Hall–Kier alpha value is -0.283. The smallest absolute Gasteiger partial charge is 0.425 e. The van der Waals surface area contributed by atoms with Crippen LogP contribution in [-0.4, -0.2) is 38.9 Å². The van der Waals surface area contributed by atoms with Crippen molar-refractivity contribution in [1.82, 2.24) is 0 Å². The van der Waals surface area contributed by atoms with Gasteiger partial charge in [0.1, 0.15) is 0 Å². The van der Waals surface area contributed by atoms with Gasteiger partial charge in [-0.15, -0.1) is 6.04 Å². The number of hydrogen-bond acceptors (Lipinski definition) is 1. The summed E-state index contributed by atoms with van der Waals surface area (Å²) in [7, 11) is -3.15. The first-order valence-corrected chi connectivity index (χ1v) is 12.0. The molecule has 0 amide bonds. The highest BCUT2D eigenvalue weighted by atomic mass is 28.4. The Morgan fingerprint density at radius 3 is 1.54 bits per heavy atom. The first-order chi connectivity index (χ1) is 11.9. The summed E-state index contributed by atoms with van der Waals surface area (Å²) >= 11 is 0. The van der Waals surface area contributed by atoms with Crippen LogP contribution in [0.5, 0.6) is 0 Å². The van der Waals surface area contributed by atoms with Crippen molar-refractivity contribution in [3.8, 4) is 0 Å². The average molecular weight is 407 g/mol. The summed E-state index contributed by atoms with van der Waals surface area (Å²) in [5.74, 6) is -1.61. The summed E-state index contributed by atoms with van der Waals surface area (Å²) in [4.78, 5) is 0. The second-order valence-electron chi connectivity index (χ2n) is 7.08. The molecule has 2 nitrogen and oxygen atoms in total. The molecule has 9 heteroatoms. The molecule has 0 spiro atoms. The van der Waals surface area contributed by atoms with Gasteiger partial charge in [0.2, 0.25) is 0 Å². The molecule has 0 atom stereocenters. The van der Waals surface area contributed by atoms with Crippen molar-refractivity contribution < 1.29 is 30.8 Å². The van der Waals surface area contributed by atoms with Crippen molar-refractivity contribution in [3.05, 3.63) is 5.32 Å². The van der Waals surface area contributed by atoms with Gasteiger partial charge in [-0.3, -0.25) is 0 Å². The summed E-state index contributed by atoms with van der Waals surface area (Å²) in [5, 5.41) is 4.25. The zero-order valence-electron chi connectivity index (χ0n) is 15.9. The number of nitrogens with zero attached hydrogens (tertiary/aromatic N) is 1. The topological polar surface area (TPSA) is 23.3 Å². The molecule has 0 saturated heterocycles. The minimum atomic E-state index is -5.50. The maximum atomic E-state index is 14.0. The molecule has 1 fully saturated rings. The summed E-state index contributed by atoms with van der Waals surface area (Å²) in [6.07, 6.45) is -10.8. The van der Waals surface area contributed by atoms with Crippen LogP contribution in [0.4, 0.5) is 26.3 Å². The first-order valence-electron chi connectivity index (χ1n) is 9.43. The number of halogens is 6. The van der Waals surface area contributed by atoms with E-state index in [2.05, 4.69) is 5.32 Å². The van der Waals surface area contributed by atoms with Gasteiger partial charge in [0.05, 0.1) is 0 Å². The number of rotatable bonds is 8. The lowest BCUT2D eigenvalue weighted by atomic mass is 9.74. The third-order valence-electron chi connectivity index (χ3n) is 5.87. The van der Waals surface area contributed by atoms with Crippen LogP contribution in [0.3, 0.4) is 0 Å². The van der Waals surface area contributed by atoms with Crippen LogP contribution in [0.1, 0.15) is 53.4 Å². The van der Waals surface area contributed by atoms with Crippen LogP contribution in [0.2, 0.25) is 18.1 Å². The van der Waals surface area contributed by atoms with E-state index in [1.54, 1.807) is 20.8 Å². The SMILES string of the molecule is CC[N-]C1CCC(C(O[Si](CC)(CC)CC)(C(F)(F)F)C(F)(F)F)CC1. The van der Waals surface area contributed by atoms with Crippen molar-refractivity contribution in [2.24, 2.45) is 5.92 Å². The Bertz CT molecular complexity index is 406. The Morgan fingerprint density at radius 2 is 1.23 bits per heavy atom. The minimum absolute atomic E-state index is 0.152. The molecule has 0 aromatic carbocycles. The molecule has 1 rings (SSSR count). The average Bonchev–Trinajstić information content (AvgIpc) is 2.56. The molecule has 156 valence electrons. The normalized spacial score (nSPS) is 23.3. The van der Waals surface area contributed by atoms with Crippen LogP contribution in [0.15, 0.2) is 0 Å². The Kier molecular flexibility index (Phi) is 8.05. The molecule has 0 bridgehead atoms. The lowest BCUT2D eigenvalue weighted by Gasteiger charge is -2.51. The first kappa shape index (κ1) is 23.8. The zero-order valence-corrected chi connectivity index (χ0v) is 16.9. The Labute approximate surface area is 153 Å². The molecule has 0 aliphatic heterocycles. The van der Waals surface area contributed by atoms with Gasteiger partial charge in [-0.25, -0.2) is 0 Å². The quantitative estimate of drug-likeness (QED) is 0.320. The van der Waals surface area contributed by atoms with E-state index in [1.165, 1.54) is 0 Å². The minimum Gasteiger partial charge on any atom is -0.660 e. The zero-order chi connectivity index (χ0) is 20.2. The lowest BCUT2D eigenvalue weighted by Crippen LogP contribution is -2.67. The third-order valence-corrected chi connectivity index (χ3v) is 10.5. The standard InChI is InChI=1S/C17H30F6NOSi/c1-5-24-14-11-9-13(10-12-14)15(16(18,19)20,17(21,22)23)25-26(6-2,7-3)8-4/h13-14H,5-12H2,1-4H3/q-1. The van der Waals surface area contributed by atoms with Crippen molar-refractivity contribution in [1.29, 1.82) is 0 Å². The molecular weight excluding hydrogens is 376 g/mol. The van der Waals surface area contributed by atoms with E-state index >= 15 is 0 Å². The molecule has 0 aromatic heterocycles. The van der Waals surface area contributed by atoms with E-state index in [9.17, 15) is 26.3 Å². The highest BCUT2D eigenvalue weighted by Crippen LogP contribution is 2.56. The van der Waals surface area contributed by atoms with Gasteiger partial charge in [-0.1, -0.05) is 40.5 Å². The monoisotopic (exact) mass is 406 g/mol. The second-order valence-corrected chi connectivity index (χ2v) is 11.8.